The van der Waals surface area contributed by atoms with E-state index in [1.165, 1.54) is 0 Å². The van der Waals surface area contributed by atoms with Crippen LogP contribution in [0.3, 0.4) is 0 Å². The topological polar surface area (TPSA) is 119 Å². The fraction of sp³-hybridized carbons (Fsp3) is 0.920. The molecule has 6 rings (SSSR count). The van der Waals surface area contributed by atoms with Gasteiger partial charge in [-0.15, -0.1) is 0 Å². The maximum atomic E-state index is 14.2. The van der Waals surface area contributed by atoms with Crippen molar-refractivity contribution in [3.63, 3.8) is 0 Å². The van der Waals surface area contributed by atoms with Crippen LogP contribution in [-0.2, 0) is 34.3 Å². The lowest BCUT2D eigenvalue weighted by atomic mass is 9.70. The standard InChI is InChI=1S/C25H37O7S3/c1-24(2)19-7-8-25(24,22(26)13-19)14-33(27,28)23(34(29,30)20-11-15-3-5-17(20)9-15)35(31,32)21-12-16-4-6-18(21)10-16/h15-21H,3-14H2,1-2H3/q-1. The Bertz CT molecular complexity index is 1210. The fourth-order valence-electron chi connectivity index (χ4n) is 9.39. The number of hydrogen-bond acceptors (Lipinski definition) is 7. The first kappa shape index (κ1) is 24.8. The maximum absolute atomic E-state index is 14.2. The molecule has 0 aromatic heterocycles. The second-order valence-corrected chi connectivity index (χ2v) is 20.1. The van der Waals surface area contributed by atoms with Crippen LogP contribution in [0.25, 0.3) is 0 Å². The third kappa shape index (κ3) is 3.30. The van der Waals surface area contributed by atoms with E-state index in [-0.39, 0.29) is 41.8 Å². The van der Waals surface area contributed by atoms with Crippen LogP contribution in [0.5, 0.6) is 0 Å². The second-order valence-electron chi connectivity index (χ2n) is 13.2. The van der Waals surface area contributed by atoms with Crippen molar-refractivity contribution in [2.75, 3.05) is 5.75 Å². The van der Waals surface area contributed by atoms with E-state index in [0.717, 1.165) is 25.7 Å². The molecule has 0 radical (unpaired) electrons. The van der Waals surface area contributed by atoms with Crippen LogP contribution in [-0.4, -0.2) is 47.3 Å². The molecule has 0 heterocycles. The van der Waals surface area contributed by atoms with Gasteiger partial charge in [-0.3, -0.25) is 30.0 Å². The average molecular weight is 546 g/mol. The van der Waals surface area contributed by atoms with Crippen molar-refractivity contribution in [3.05, 3.63) is 3.91 Å². The van der Waals surface area contributed by atoms with E-state index in [2.05, 4.69) is 0 Å². The van der Waals surface area contributed by atoms with E-state index in [4.69, 9.17) is 0 Å². The monoisotopic (exact) mass is 545 g/mol. The molecule has 8 atom stereocenters. The summed E-state index contributed by atoms with van der Waals surface area (Å²) in [5, 5.41) is -1.89. The first-order chi connectivity index (χ1) is 16.2. The number of hydrogen-bond donors (Lipinski definition) is 0. The van der Waals surface area contributed by atoms with Gasteiger partial charge in [-0.25, -0.2) is 0 Å². The molecule has 6 aliphatic rings. The number of rotatable bonds is 7. The Morgan fingerprint density at radius 2 is 1.29 bits per heavy atom. The van der Waals surface area contributed by atoms with Gasteiger partial charge in [0, 0.05) is 32.0 Å². The molecule has 198 valence electrons. The summed E-state index contributed by atoms with van der Waals surface area (Å²) in [5.74, 6) is -0.711. The molecule has 10 heteroatoms. The SMILES string of the molecule is CC1(C)C2CCC1(CS(=O)(=O)[C-](S(=O)(=O)C1CC3CCC1C3)S(=O)(=O)C1CC3CCC1C3)C(=O)C2. The quantitative estimate of drug-likeness (QED) is 0.449. The van der Waals surface area contributed by atoms with Crippen molar-refractivity contribution in [1.82, 2.24) is 0 Å². The van der Waals surface area contributed by atoms with Crippen molar-refractivity contribution in [2.24, 2.45) is 40.4 Å². The summed E-state index contributed by atoms with van der Waals surface area (Å²) in [6.07, 6.45) is 6.75. The van der Waals surface area contributed by atoms with Gasteiger partial charge >= 0.3 is 0 Å². The molecule has 0 amide bonds. The second kappa shape index (κ2) is 7.55. The number of Topliss-reactive ketones (excluding diaryl/α,β-unsaturated/α-hetero) is 1. The molecule has 8 unspecified atom stereocenters. The van der Waals surface area contributed by atoms with Gasteiger partial charge in [-0.05, 0) is 86.4 Å². The Labute approximate surface area is 210 Å². The third-order valence-electron chi connectivity index (χ3n) is 11.4. The van der Waals surface area contributed by atoms with Crippen LogP contribution in [0.4, 0.5) is 0 Å². The van der Waals surface area contributed by atoms with E-state index in [9.17, 15) is 30.0 Å². The highest BCUT2D eigenvalue weighted by molar-refractivity contribution is 8.29. The van der Waals surface area contributed by atoms with Crippen molar-refractivity contribution in [1.29, 1.82) is 0 Å². The Balaban J connectivity index is 1.44. The van der Waals surface area contributed by atoms with Gasteiger partial charge in [0.1, 0.15) is 5.78 Å². The van der Waals surface area contributed by atoms with Crippen molar-refractivity contribution in [3.8, 4) is 0 Å². The number of carbonyl (C=O) groups excluding carboxylic acids is 1. The van der Waals surface area contributed by atoms with Gasteiger partial charge in [0.15, 0.2) is 0 Å². The van der Waals surface area contributed by atoms with Crippen LogP contribution >= 0.6 is 0 Å². The molecular weight excluding hydrogens is 508 g/mol. The Hall–Kier alpha value is -0.480. The van der Waals surface area contributed by atoms with Gasteiger partial charge in [-0.1, -0.05) is 26.7 Å². The normalized spacial score (nSPS) is 44.2. The molecule has 0 aromatic rings. The molecule has 6 fully saturated rings. The summed E-state index contributed by atoms with van der Waals surface area (Å²) >= 11 is 0. The molecule has 0 aliphatic heterocycles. The molecule has 0 saturated heterocycles. The molecule has 0 spiro atoms. The Kier molecular flexibility index (Phi) is 5.36. The summed E-state index contributed by atoms with van der Waals surface area (Å²) in [4.78, 5) is 13.1. The van der Waals surface area contributed by atoms with Crippen molar-refractivity contribution in [2.45, 2.75) is 95.0 Å². The molecule has 6 saturated carbocycles. The zero-order valence-corrected chi connectivity index (χ0v) is 23.1. The molecule has 6 bridgehead atoms. The van der Waals surface area contributed by atoms with Crippen LogP contribution < -0.4 is 0 Å². The van der Waals surface area contributed by atoms with E-state index >= 15 is 0 Å². The van der Waals surface area contributed by atoms with Gasteiger partial charge in [0.2, 0.25) is 0 Å². The predicted octanol–water partition coefficient (Wildman–Crippen LogP) is 3.45. The van der Waals surface area contributed by atoms with Crippen LogP contribution in [0.2, 0.25) is 0 Å². The smallest absolute Gasteiger partial charge is 0.140 e. The van der Waals surface area contributed by atoms with E-state index < -0.39 is 60.5 Å². The highest BCUT2D eigenvalue weighted by Crippen LogP contribution is 2.65. The highest BCUT2D eigenvalue weighted by Gasteiger charge is 2.66. The zero-order valence-electron chi connectivity index (χ0n) is 20.6. The first-order valence-corrected chi connectivity index (χ1v) is 18.1. The summed E-state index contributed by atoms with van der Waals surface area (Å²) in [5.41, 5.74) is -1.81. The maximum Gasteiger partial charge on any atom is 0.140 e. The van der Waals surface area contributed by atoms with Crippen molar-refractivity contribution >= 4 is 35.3 Å². The fourth-order valence-corrected chi connectivity index (χ4v) is 19.8. The van der Waals surface area contributed by atoms with Gasteiger partial charge < -0.3 is 0 Å². The molecule has 6 aliphatic carbocycles. The largest absolute Gasteiger partial charge is 0.299 e. The predicted molar refractivity (Wildman–Crippen MR) is 132 cm³/mol. The number of fused-ring (bicyclic) bond motifs is 6. The van der Waals surface area contributed by atoms with Gasteiger partial charge in [-0.2, -0.15) is 0 Å². The summed E-state index contributed by atoms with van der Waals surface area (Å²) in [6, 6.07) is 0. The molecular formula is C25H37O7S3-. The molecule has 0 N–H and O–H groups in total. The minimum atomic E-state index is -4.76. The molecule has 35 heavy (non-hydrogen) atoms. The highest BCUT2D eigenvalue weighted by atomic mass is 32.3. The van der Waals surface area contributed by atoms with Gasteiger partial charge in [0.25, 0.3) is 0 Å². The van der Waals surface area contributed by atoms with Crippen molar-refractivity contribution < 1.29 is 30.0 Å². The van der Waals surface area contributed by atoms with E-state index in [0.29, 0.717) is 38.5 Å². The molecule has 0 aromatic carbocycles. The van der Waals surface area contributed by atoms with Gasteiger partial charge in [0.05, 0.1) is 29.5 Å². The van der Waals surface area contributed by atoms with Crippen LogP contribution in [0.1, 0.15) is 84.5 Å². The number of ketones is 1. The number of carbonyl (C=O) groups is 1. The lowest BCUT2D eigenvalue weighted by molar-refractivity contribution is -0.128. The molecule has 7 nitrogen and oxygen atoms in total. The van der Waals surface area contributed by atoms with E-state index in [1.807, 2.05) is 13.8 Å². The first-order valence-electron chi connectivity index (χ1n) is 13.3. The van der Waals surface area contributed by atoms with E-state index in [1.54, 1.807) is 0 Å². The summed E-state index contributed by atoms with van der Waals surface area (Å²) < 4.78 is 83.6. The lowest BCUT2D eigenvalue weighted by Crippen LogP contribution is -2.49. The summed E-state index contributed by atoms with van der Waals surface area (Å²) in [6.45, 7) is 3.78. The average Bonchev–Trinajstić information content (AvgIpc) is 3.58. The third-order valence-corrected chi connectivity index (χ3v) is 20.8. The van der Waals surface area contributed by atoms with Crippen LogP contribution in [0, 0.1) is 44.3 Å². The lowest BCUT2D eigenvalue weighted by Gasteiger charge is -2.43. The van der Waals surface area contributed by atoms with Crippen LogP contribution in [0.15, 0.2) is 0 Å². The number of sulfone groups is 3. The minimum Gasteiger partial charge on any atom is -0.299 e. The minimum absolute atomic E-state index is 0.0537. The Morgan fingerprint density at radius 3 is 1.63 bits per heavy atom. The Morgan fingerprint density at radius 1 is 0.771 bits per heavy atom. The zero-order chi connectivity index (χ0) is 25.2. The summed E-state index contributed by atoms with van der Waals surface area (Å²) in [7, 11) is -13.9.